The Kier molecular flexibility index (Phi) is 5.92. The second-order valence-electron chi connectivity index (χ2n) is 5.62. The fourth-order valence-corrected chi connectivity index (χ4v) is 2.49. The van der Waals surface area contributed by atoms with E-state index in [4.69, 9.17) is 24.4 Å². The molecule has 0 saturated carbocycles. The quantitative estimate of drug-likeness (QED) is 0.243. The molecule has 0 unspecified atom stereocenters. The van der Waals surface area contributed by atoms with Gasteiger partial charge in [0.25, 0.3) is 0 Å². The molecule has 2 saturated heterocycles. The van der Waals surface area contributed by atoms with Crippen LogP contribution in [0.15, 0.2) is 0 Å². The summed E-state index contributed by atoms with van der Waals surface area (Å²) < 4.78 is 15.2. The van der Waals surface area contributed by atoms with Gasteiger partial charge in [0.1, 0.15) is 42.7 Å². The topological polar surface area (TPSA) is 190 Å². The van der Waals surface area contributed by atoms with Crippen LogP contribution >= 0.6 is 0 Å². The van der Waals surface area contributed by atoms with Gasteiger partial charge in [-0.15, -0.1) is 0 Å². The van der Waals surface area contributed by atoms with Crippen LogP contribution in [0.25, 0.3) is 0 Å². The van der Waals surface area contributed by atoms with Gasteiger partial charge in [0.05, 0.1) is 19.8 Å². The second kappa shape index (κ2) is 7.21. The van der Waals surface area contributed by atoms with Gasteiger partial charge in [-0.25, -0.2) is 0 Å². The fourth-order valence-electron chi connectivity index (χ4n) is 2.49. The third kappa shape index (κ3) is 3.50. The van der Waals surface area contributed by atoms with E-state index in [1.165, 1.54) is 0 Å². The molecule has 2 aliphatic heterocycles. The Balaban J connectivity index is 2.04. The van der Waals surface area contributed by atoms with Crippen LogP contribution in [0.2, 0.25) is 0 Å². The van der Waals surface area contributed by atoms with E-state index in [0.717, 1.165) is 0 Å². The Labute approximate surface area is 130 Å². The number of ether oxygens (including phenoxy) is 3. The minimum Gasteiger partial charge on any atom is -0.394 e. The molecule has 0 amide bonds. The fraction of sp³-hybridized carbons (Fsp3) is 1.00. The molecule has 0 aromatic carbocycles. The van der Waals surface area contributed by atoms with Gasteiger partial charge in [-0.2, -0.15) is 0 Å². The first-order chi connectivity index (χ1) is 10.7. The molecule has 11 nitrogen and oxygen atoms in total. The maximum Gasteiger partial charge on any atom is 0.218 e. The van der Waals surface area contributed by atoms with Gasteiger partial charge in [0.15, 0.2) is 6.29 Å². The highest BCUT2D eigenvalue weighted by Gasteiger charge is 2.51. The van der Waals surface area contributed by atoms with Gasteiger partial charge in [0.2, 0.25) is 5.79 Å². The molecule has 2 heterocycles. The van der Waals surface area contributed by atoms with E-state index in [1.807, 2.05) is 0 Å². The van der Waals surface area contributed by atoms with Crippen LogP contribution in [0, 0.1) is 0 Å². The molecular weight excluding hydrogens is 320 g/mol. The second-order valence-corrected chi connectivity index (χ2v) is 5.62. The van der Waals surface area contributed by atoms with Crippen LogP contribution in [0.1, 0.15) is 0 Å². The summed E-state index contributed by atoms with van der Waals surface area (Å²) in [6.07, 6.45) is -12.5. The van der Waals surface area contributed by atoms with Crippen LogP contribution < -0.4 is 0 Å². The summed E-state index contributed by atoms with van der Waals surface area (Å²) in [4.78, 5) is 0. The molecule has 11 heteroatoms. The number of aliphatic hydroxyl groups is 8. The first kappa shape index (κ1) is 18.9. The van der Waals surface area contributed by atoms with Crippen molar-refractivity contribution in [3.05, 3.63) is 0 Å². The van der Waals surface area contributed by atoms with Gasteiger partial charge in [-0.1, -0.05) is 0 Å². The minimum absolute atomic E-state index is 0.454. The zero-order chi connectivity index (χ0) is 17.4. The van der Waals surface area contributed by atoms with Crippen molar-refractivity contribution in [1.82, 2.24) is 0 Å². The van der Waals surface area contributed by atoms with Gasteiger partial charge in [0, 0.05) is 0 Å². The molecule has 2 fully saturated rings. The van der Waals surface area contributed by atoms with Crippen molar-refractivity contribution in [3.8, 4) is 0 Å². The van der Waals surface area contributed by atoms with E-state index in [-0.39, 0.29) is 0 Å². The van der Waals surface area contributed by atoms with E-state index in [9.17, 15) is 30.6 Å². The Morgan fingerprint density at radius 2 is 1.61 bits per heavy atom. The summed E-state index contributed by atoms with van der Waals surface area (Å²) in [5.74, 6) is -2.35. The summed E-state index contributed by atoms with van der Waals surface area (Å²) in [7, 11) is 0. The summed E-state index contributed by atoms with van der Waals surface area (Å²) >= 11 is 0. The molecule has 0 bridgehead atoms. The zero-order valence-corrected chi connectivity index (χ0v) is 12.0. The molecule has 0 aliphatic carbocycles. The molecule has 2 aliphatic rings. The predicted molar refractivity (Wildman–Crippen MR) is 68.6 cm³/mol. The third-order valence-electron chi connectivity index (χ3n) is 4.05. The lowest BCUT2D eigenvalue weighted by Crippen LogP contribution is -2.65. The highest BCUT2D eigenvalue weighted by molar-refractivity contribution is 4.94. The van der Waals surface area contributed by atoms with Crippen LogP contribution in [0.3, 0.4) is 0 Å². The monoisotopic (exact) mass is 342 g/mol. The minimum atomic E-state index is -2.35. The lowest BCUT2D eigenvalue weighted by molar-refractivity contribution is -0.367. The maximum absolute atomic E-state index is 9.94. The number of hydrogen-bond acceptors (Lipinski definition) is 11. The van der Waals surface area contributed by atoms with E-state index in [1.54, 1.807) is 0 Å². The maximum atomic E-state index is 9.94. The number of hydrogen-bond donors (Lipinski definition) is 8. The molecule has 0 radical (unpaired) electrons. The summed E-state index contributed by atoms with van der Waals surface area (Å²) in [6, 6.07) is 0. The molecule has 0 aromatic rings. The Morgan fingerprint density at radius 3 is 2.17 bits per heavy atom. The molecule has 136 valence electrons. The number of rotatable bonds is 4. The van der Waals surface area contributed by atoms with Crippen LogP contribution in [0.4, 0.5) is 0 Å². The van der Waals surface area contributed by atoms with Crippen molar-refractivity contribution < 1.29 is 55.1 Å². The van der Waals surface area contributed by atoms with Crippen LogP contribution in [0.5, 0.6) is 0 Å². The average Bonchev–Trinajstić information content (AvgIpc) is 2.55. The number of aliphatic hydroxyl groups excluding tert-OH is 7. The Bertz CT molecular complexity index is 393. The molecule has 0 aromatic heterocycles. The van der Waals surface area contributed by atoms with Crippen molar-refractivity contribution in [2.45, 2.75) is 54.8 Å². The molecule has 23 heavy (non-hydrogen) atoms. The van der Waals surface area contributed by atoms with E-state index in [0.29, 0.717) is 0 Å². The summed E-state index contributed by atoms with van der Waals surface area (Å²) in [6.45, 7) is -2.07. The van der Waals surface area contributed by atoms with Gasteiger partial charge in [-0.05, 0) is 0 Å². The van der Waals surface area contributed by atoms with E-state index in [2.05, 4.69) is 0 Å². The van der Waals surface area contributed by atoms with Crippen LogP contribution in [-0.2, 0) is 14.2 Å². The average molecular weight is 342 g/mol. The van der Waals surface area contributed by atoms with Crippen molar-refractivity contribution in [2.24, 2.45) is 0 Å². The first-order valence-corrected chi connectivity index (χ1v) is 7.04. The highest BCUT2D eigenvalue weighted by atomic mass is 16.7. The van der Waals surface area contributed by atoms with Crippen molar-refractivity contribution in [1.29, 1.82) is 0 Å². The Morgan fingerprint density at radius 1 is 0.957 bits per heavy atom. The third-order valence-corrected chi connectivity index (χ3v) is 4.05. The first-order valence-electron chi connectivity index (χ1n) is 7.04. The lowest BCUT2D eigenvalue weighted by atomic mass is 9.96. The SMILES string of the molecule is OC[C@H]1O[C@H](O[C@@H]2CO[C@@](O)(CO)[C@@H](O)[C@@H]2O)[C@H](O)[C@@H](O)[C@@H]1O. The van der Waals surface area contributed by atoms with Gasteiger partial charge in [-0.3, -0.25) is 0 Å². The largest absolute Gasteiger partial charge is 0.394 e. The van der Waals surface area contributed by atoms with Crippen LogP contribution in [-0.4, -0.2) is 115 Å². The van der Waals surface area contributed by atoms with Gasteiger partial charge >= 0.3 is 0 Å². The molecule has 0 spiro atoms. The normalized spacial score (nSPS) is 51.7. The smallest absolute Gasteiger partial charge is 0.218 e. The zero-order valence-electron chi connectivity index (χ0n) is 12.0. The van der Waals surface area contributed by atoms with E-state index >= 15 is 0 Å². The molecule has 2 rings (SSSR count). The van der Waals surface area contributed by atoms with Crippen molar-refractivity contribution in [2.75, 3.05) is 19.8 Å². The predicted octanol–water partition coefficient (Wildman–Crippen LogP) is -5.40. The standard InChI is InChI=1S/C12H22O11/c13-1-4-6(15)8(17)9(18)11(22-4)23-5-2-21-12(20,3-14)10(19)7(5)16/h4-11,13-20H,1-3H2/t4-,5-,6-,7-,8+,9-,10+,11-,12+/m1/s1. The Hall–Kier alpha value is -0.440. The van der Waals surface area contributed by atoms with E-state index < -0.39 is 74.6 Å². The summed E-state index contributed by atoms with van der Waals surface area (Å²) in [5, 5.41) is 76.6. The summed E-state index contributed by atoms with van der Waals surface area (Å²) in [5.41, 5.74) is 0. The molecular formula is C12H22O11. The van der Waals surface area contributed by atoms with Crippen molar-refractivity contribution >= 4 is 0 Å². The van der Waals surface area contributed by atoms with Gasteiger partial charge < -0.3 is 55.1 Å². The molecule has 8 N–H and O–H groups in total. The molecule has 9 atom stereocenters. The lowest BCUT2D eigenvalue weighted by Gasteiger charge is -2.45. The van der Waals surface area contributed by atoms with Crippen molar-refractivity contribution in [3.63, 3.8) is 0 Å². The highest BCUT2D eigenvalue weighted by Crippen LogP contribution is 2.29.